The van der Waals surface area contributed by atoms with Crippen molar-refractivity contribution in [2.24, 2.45) is 11.6 Å². The summed E-state index contributed by atoms with van der Waals surface area (Å²) in [6, 6.07) is 9.19. The third-order valence-corrected chi connectivity index (χ3v) is 5.44. The van der Waals surface area contributed by atoms with Gasteiger partial charge in [-0.1, -0.05) is 12.1 Å². The molecule has 0 aliphatic rings. The lowest BCUT2D eigenvalue weighted by atomic mass is 9.97. The van der Waals surface area contributed by atoms with Gasteiger partial charge in [-0.3, -0.25) is 15.4 Å². The molecule has 3 aromatic rings. The van der Waals surface area contributed by atoms with Gasteiger partial charge < -0.3 is 30.4 Å². The number of anilines is 1. The Labute approximate surface area is 203 Å². The third-order valence-electron chi connectivity index (χ3n) is 4.91. The predicted octanol–water partition coefficient (Wildman–Crippen LogP) is 1.13. The summed E-state index contributed by atoms with van der Waals surface area (Å²) in [5, 5.41) is 3.07. The van der Waals surface area contributed by atoms with Crippen LogP contribution in [-0.2, 0) is 22.6 Å². The first-order valence-electron chi connectivity index (χ1n) is 10.1. The molecule has 1 aromatic heterocycles. The van der Waals surface area contributed by atoms with Crippen molar-refractivity contribution in [3.63, 3.8) is 0 Å². The van der Waals surface area contributed by atoms with Gasteiger partial charge in [-0.05, 0) is 36.4 Å². The summed E-state index contributed by atoms with van der Waals surface area (Å²) in [5.74, 6) is 4.13. The van der Waals surface area contributed by atoms with Crippen molar-refractivity contribution in [3.8, 4) is 5.75 Å². The number of rotatable bonds is 11. The second kappa shape index (κ2) is 11.9. The molecular weight excluding hydrogens is 479 g/mol. The number of fused-ring (bicyclic) bond motifs is 1. The Kier molecular flexibility index (Phi) is 8.67. The van der Waals surface area contributed by atoms with E-state index >= 15 is 4.39 Å². The first-order chi connectivity index (χ1) is 16.9. The molecule has 184 valence electrons. The van der Waals surface area contributed by atoms with Crippen LogP contribution in [0, 0.1) is 5.82 Å². The Bertz CT molecular complexity index is 1330. The number of carbonyl (C=O) groups excluding carboxylic acids is 2. The number of hydrogen-bond donors (Lipinski definition) is 6. The highest BCUT2D eigenvalue weighted by Gasteiger charge is 2.19. The molecule has 0 spiro atoms. The van der Waals surface area contributed by atoms with Crippen LogP contribution in [-0.4, -0.2) is 19.4 Å². The largest absolute Gasteiger partial charge is 0.429 e. The average molecular weight is 503 g/mol. The third kappa shape index (κ3) is 6.09. The van der Waals surface area contributed by atoms with Crippen LogP contribution >= 0.6 is 12.1 Å². The highest BCUT2D eigenvalue weighted by atomic mass is 32.2. The number of ether oxygens (including phenoxy) is 1. The number of benzene rings is 2. The molecule has 0 unspecified atom stereocenters. The molecule has 8 N–H and O–H groups in total. The smallest absolute Gasteiger partial charge is 0.340 e. The summed E-state index contributed by atoms with van der Waals surface area (Å²) < 4.78 is 31.0. The summed E-state index contributed by atoms with van der Waals surface area (Å²) >= 11 is 1.09. The van der Waals surface area contributed by atoms with Crippen LogP contribution in [0.2, 0.25) is 0 Å². The number of nitrogens with two attached hydrogens (primary N) is 2. The van der Waals surface area contributed by atoms with E-state index in [-0.39, 0.29) is 53.3 Å². The van der Waals surface area contributed by atoms with E-state index in [9.17, 15) is 14.4 Å². The molecule has 11 nitrogen and oxygen atoms in total. The van der Waals surface area contributed by atoms with Gasteiger partial charge in [-0.25, -0.2) is 13.9 Å². The maximum atomic E-state index is 15.1. The fourth-order valence-electron chi connectivity index (χ4n) is 3.31. The normalized spacial score (nSPS) is 11.2. The van der Waals surface area contributed by atoms with Crippen molar-refractivity contribution in [3.05, 3.63) is 81.2 Å². The molecule has 35 heavy (non-hydrogen) atoms. The molecular formula is C22H23FN6O5S. The number of carbonyl (C=O) groups is 2. The lowest BCUT2D eigenvalue weighted by Gasteiger charge is -2.15. The number of hydrogen-bond acceptors (Lipinski definition) is 11. The molecule has 0 aliphatic carbocycles. The van der Waals surface area contributed by atoms with Gasteiger partial charge in [-0.2, -0.15) is 0 Å². The first kappa shape index (κ1) is 25.6. The van der Waals surface area contributed by atoms with E-state index in [2.05, 4.69) is 20.2 Å². The molecule has 0 saturated carbocycles. The van der Waals surface area contributed by atoms with Gasteiger partial charge in [0.05, 0.1) is 5.69 Å². The lowest BCUT2D eigenvalue weighted by molar-refractivity contribution is -0.120. The Hall–Kier alpha value is -4.07. The van der Waals surface area contributed by atoms with Crippen molar-refractivity contribution in [1.82, 2.24) is 15.5 Å². The zero-order valence-corrected chi connectivity index (χ0v) is 19.3. The van der Waals surface area contributed by atoms with E-state index < -0.39 is 17.3 Å². The fraction of sp³-hybridized carbons (Fsp3) is 0.136. The van der Waals surface area contributed by atoms with Crippen molar-refractivity contribution in [2.45, 2.75) is 13.0 Å². The summed E-state index contributed by atoms with van der Waals surface area (Å²) in [7, 11) is 1.68. The maximum absolute atomic E-state index is 15.1. The number of amides is 1. The number of halogens is 1. The monoisotopic (exact) mass is 502 g/mol. The van der Waals surface area contributed by atoms with Gasteiger partial charge in [0.15, 0.2) is 5.82 Å². The Morgan fingerprint density at radius 3 is 2.77 bits per heavy atom. The van der Waals surface area contributed by atoms with Crippen molar-refractivity contribution in [2.75, 3.05) is 11.8 Å². The number of hydrazine groups is 1. The molecule has 13 heteroatoms. The summed E-state index contributed by atoms with van der Waals surface area (Å²) in [6.45, 7) is 0.115. The molecule has 0 saturated heterocycles. The molecule has 2 aromatic carbocycles. The van der Waals surface area contributed by atoms with Crippen molar-refractivity contribution >= 4 is 41.2 Å². The maximum Gasteiger partial charge on any atom is 0.340 e. The molecule has 0 aliphatic heterocycles. The van der Waals surface area contributed by atoms with Crippen LogP contribution in [0.5, 0.6) is 5.75 Å². The molecule has 1 heterocycles. The number of nitrogens with one attached hydrogen (secondary N) is 4. The molecule has 1 amide bonds. The van der Waals surface area contributed by atoms with Gasteiger partial charge >= 0.3 is 5.63 Å². The average Bonchev–Trinajstić information content (AvgIpc) is 2.84. The Morgan fingerprint density at radius 2 is 2.06 bits per heavy atom. The molecule has 0 bridgehead atoms. The lowest BCUT2D eigenvalue weighted by Crippen LogP contribution is -2.31. The quantitative estimate of drug-likeness (QED) is 0.0554. The minimum Gasteiger partial charge on any atom is -0.429 e. The highest BCUT2D eigenvalue weighted by molar-refractivity contribution is 7.98. The summed E-state index contributed by atoms with van der Waals surface area (Å²) in [6.07, 6.45) is 0.991. The van der Waals surface area contributed by atoms with Crippen molar-refractivity contribution < 1.29 is 23.1 Å². The second-order valence-electron chi connectivity index (χ2n) is 7.03. The van der Waals surface area contributed by atoms with Gasteiger partial charge in [0.25, 0.3) is 12.4 Å². The standard InChI is InChI=1S/C22H23FN6O5S/c1-26-35-29-18-4-2-3-12(20(18)23)7-15-16(9-27-21(31)17(24)10-28-25)14-6-5-13(33-11-30)8-19(14)34-22(15)32/h2-6,8,10-11,26,28-29H,7,9,24-25H2,1H3,(H,27,31)/b17-10-. The first-order valence-corrected chi connectivity index (χ1v) is 11.0. The minimum absolute atomic E-state index is 0.114. The van der Waals surface area contributed by atoms with Gasteiger partial charge in [0, 0.05) is 48.3 Å². The SMILES string of the molecule is CNSNc1cccc(Cc2c(CNC(=O)/C(N)=C/NN)c3ccc(OC=O)cc3oc2=O)c1F. The van der Waals surface area contributed by atoms with Crippen molar-refractivity contribution in [1.29, 1.82) is 0 Å². The van der Waals surface area contributed by atoms with E-state index in [1.54, 1.807) is 31.3 Å². The zero-order chi connectivity index (χ0) is 25.4. The van der Waals surface area contributed by atoms with Crippen LogP contribution in [0.15, 0.2) is 57.5 Å². The van der Waals surface area contributed by atoms with Crippen LogP contribution in [0.4, 0.5) is 10.1 Å². The Balaban J connectivity index is 2.08. The Morgan fingerprint density at radius 1 is 1.26 bits per heavy atom. The zero-order valence-electron chi connectivity index (χ0n) is 18.5. The summed E-state index contributed by atoms with van der Waals surface area (Å²) in [5.41, 5.74) is 7.99. The van der Waals surface area contributed by atoms with E-state index in [1.165, 1.54) is 12.1 Å². The van der Waals surface area contributed by atoms with Gasteiger partial charge in [0.2, 0.25) is 0 Å². The predicted molar refractivity (Wildman–Crippen MR) is 130 cm³/mol. The van der Waals surface area contributed by atoms with E-state index in [4.69, 9.17) is 20.7 Å². The van der Waals surface area contributed by atoms with Gasteiger partial charge in [-0.15, -0.1) is 0 Å². The minimum atomic E-state index is -0.737. The van der Waals surface area contributed by atoms with Crippen LogP contribution < -0.4 is 42.1 Å². The summed E-state index contributed by atoms with van der Waals surface area (Å²) in [4.78, 5) is 36.0. The van der Waals surface area contributed by atoms with Crippen LogP contribution in [0.1, 0.15) is 16.7 Å². The molecule has 0 fully saturated rings. The fourth-order valence-corrected chi connectivity index (χ4v) is 3.68. The highest BCUT2D eigenvalue weighted by Crippen LogP contribution is 2.28. The molecule has 0 radical (unpaired) electrons. The van der Waals surface area contributed by atoms with Gasteiger partial charge in [0.1, 0.15) is 17.0 Å². The second-order valence-corrected chi connectivity index (χ2v) is 7.85. The molecule has 3 rings (SSSR count). The molecule has 0 atom stereocenters. The topological polar surface area (TPSA) is 174 Å². The van der Waals surface area contributed by atoms with E-state index in [1.807, 2.05) is 0 Å². The van der Waals surface area contributed by atoms with Crippen LogP contribution in [0.3, 0.4) is 0 Å². The van der Waals surface area contributed by atoms with E-state index in [0.29, 0.717) is 10.9 Å². The van der Waals surface area contributed by atoms with E-state index in [0.717, 1.165) is 18.3 Å². The van der Waals surface area contributed by atoms with Crippen LogP contribution in [0.25, 0.3) is 11.0 Å².